The van der Waals surface area contributed by atoms with E-state index in [0.717, 1.165) is 45.7 Å². The molecular formula is C16H28N6O. The molecule has 128 valence electrons. The lowest BCUT2D eigenvalue weighted by Crippen LogP contribution is -2.46. The van der Waals surface area contributed by atoms with Crippen LogP contribution in [0.1, 0.15) is 23.8 Å². The molecule has 0 aliphatic carbocycles. The van der Waals surface area contributed by atoms with Crippen molar-refractivity contribution in [1.82, 2.24) is 25.1 Å². The highest BCUT2D eigenvalue weighted by Crippen LogP contribution is 2.11. The Kier molecular flexibility index (Phi) is 6.73. The highest BCUT2D eigenvalue weighted by atomic mass is 16.1. The highest BCUT2D eigenvalue weighted by Gasteiger charge is 2.18. The lowest BCUT2D eigenvalue weighted by atomic mass is 10.3. The van der Waals surface area contributed by atoms with Gasteiger partial charge < -0.3 is 20.0 Å². The number of nitrogens with one attached hydrogen (secondary N) is 1. The molecule has 2 rings (SSSR count). The minimum Gasteiger partial charge on any atom is -0.351 e. The van der Waals surface area contributed by atoms with Crippen LogP contribution >= 0.6 is 0 Å². The zero-order valence-electron chi connectivity index (χ0n) is 14.5. The lowest BCUT2D eigenvalue weighted by Gasteiger charge is -2.34. The molecule has 0 aromatic carbocycles. The van der Waals surface area contributed by atoms with E-state index < -0.39 is 0 Å². The van der Waals surface area contributed by atoms with Crippen LogP contribution < -0.4 is 10.2 Å². The summed E-state index contributed by atoms with van der Waals surface area (Å²) in [5.41, 5.74) is 0.442. The number of amides is 1. The Labute approximate surface area is 138 Å². The Morgan fingerprint density at radius 1 is 1.30 bits per heavy atom. The lowest BCUT2D eigenvalue weighted by molar-refractivity contribution is 0.0947. The molecule has 0 bridgehead atoms. The van der Waals surface area contributed by atoms with Gasteiger partial charge in [-0.3, -0.25) is 4.79 Å². The van der Waals surface area contributed by atoms with Gasteiger partial charge in [0, 0.05) is 38.9 Å². The van der Waals surface area contributed by atoms with Gasteiger partial charge in [-0.25, -0.2) is 9.97 Å². The van der Waals surface area contributed by atoms with Crippen molar-refractivity contribution in [3.63, 3.8) is 0 Å². The molecule has 1 aliphatic rings. The van der Waals surface area contributed by atoms with Crippen molar-refractivity contribution in [2.45, 2.75) is 13.3 Å². The number of nitrogens with zero attached hydrogens (tertiary/aromatic N) is 5. The molecule has 2 heterocycles. The summed E-state index contributed by atoms with van der Waals surface area (Å²) in [5.74, 6) is 0.529. The third-order valence-corrected chi connectivity index (χ3v) is 4.05. The Morgan fingerprint density at radius 3 is 2.70 bits per heavy atom. The summed E-state index contributed by atoms with van der Waals surface area (Å²) >= 11 is 0. The van der Waals surface area contributed by atoms with Gasteiger partial charge in [0.05, 0.1) is 0 Å². The number of rotatable bonds is 7. The molecule has 1 saturated heterocycles. The number of aromatic nitrogens is 2. The molecule has 1 aromatic rings. The second kappa shape index (κ2) is 8.79. The smallest absolute Gasteiger partial charge is 0.270 e. The monoisotopic (exact) mass is 320 g/mol. The predicted octanol–water partition coefficient (Wildman–Crippen LogP) is 0.300. The SMILES string of the molecule is CCN1CCN(c2nccc(C(=O)NCCCN(C)C)n2)CC1. The van der Waals surface area contributed by atoms with Gasteiger partial charge in [-0.05, 0) is 39.7 Å². The second-order valence-corrected chi connectivity index (χ2v) is 6.08. The second-order valence-electron chi connectivity index (χ2n) is 6.08. The predicted molar refractivity (Wildman–Crippen MR) is 91.9 cm³/mol. The number of carbonyl (C=O) groups excluding carboxylic acids is 1. The standard InChI is InChI=1S/C16H28N6O/c1-4-21-10-12-22(13-11-21)16-18-8-6-14(19-16)15(23)17-7-5-9-20(2)3/h6,8H,4-5,7,9-13H2,1-3H3,(H,17,23). The Hall–Kier alpha value is -1.73. The van der Waals surface area contributed by atoms with Crippen molar-refractivity contribution in [3.8, 4) is 0 Å². The van der Waals surface area contributed by atoms with E-state index in [-0.39, 0.29) is 5.91 Å². The first-order chi connectivity index (χ1) is 11.1. The van der Waals surface area contributed by atoms with Gasteiger partial charge in [-0.1, -0.05) is 6.92 Å². The maximum Gasteiger partial charge on any atom is 0.270 e. The van der Waals surface area contributed by atoms with Crippen LogP contribution in [0.15, 0.2) is 12.3 Å². The van der Waals surface area contributed by atoms with Gasteiger partial charge in [0.2, 0.25) is 5.95 Å². The molecule has 23 heavy (non-hydrogen) atoms. The van der Waals surface area contributed by atoms with Crippen LogP contribution in [0.2, 0.25) is 0 Å². The summed E-state index contributed by atoms with van der Waals surface area (Å²) in [6.45, 7) is 8.70. The molecule has 1 fully saturated rings. The van der Waals surface area contributed by atoms with E-state index in [2.05, 4.69) is 36.9 Å². The summed E-state index contributed by atoms with van der Waals surface area (Å²) in [4.78, 5) is 27.6. The van der Waals surface area contributed by atoms with Crippen LogP contribution in [-0.4, -0.2) is 85.6 Å². The molecule has 1 aromatic heterocycles. The fraction of sp³-hybridized carbons (Fsp3) is 0.688. The van der Waals surface area contributed by atoms with E-state index in [1.807, 2.05) is 14.1 Å². The van der Waals surface area contributed by atoms with E-state index in [0.29, 0.717) is 18.2 Å². The fourth-order valence-electron chi connectivity index (χ4n) is 2.58. The summed E-state index contributed by atoms with van der Waals surface area (Å²) in [6.07, 6.45) is 2.60. The maximum atomic E-state index is 12.2. The van der Waals surface area contributed by atoms with E-state index in [9.17, 15) is 4.79 Å². The quantitative estimate of drug-likeness (QED) is 0.729. The van der Waals surface area contributed by atoms with Crippen LogP contribution in [0.3, 0.4) is 0 Å². The number of carbonyl (C=O) groups is 1. The van der Waals surface area contributed by atoms with Gasteiger partial charge in [-0.2, -0.15) is 0 Å². The van der Waals surface area contributed by atoms with Crippen LogP contribution in [0, 0.1) is 0 Å². The average Bonchev–Trinajstić information content (AvgIpc) is 2.58. The van der Waals surface area contributed by atoms with Gasteiger partial charge >= 0.3 is 0 Å². The van der Waals surface area contributed by atoms with Crippen LogP contribution in [0.25, 0.3) is 0 Å². The normalized spacial score (nSPS) is 15.9. The molecule has 0 atom stereocenters. The summed E-state index contributed by atoms with van der Waals surface area (Å²) in [7, 11) is 4.05. The van der Waals surface area contributed by atoms with Crippen molar-refractivity contribution in [3.05, 3.63) is 18.0 Å². The Bertz CT molecular complexity index is 499. The van der Waals surface area contributed by atoms with E-state index in [1.54, 1.807) is 12.3 Å². The first-order valence-corrected chi connectivity index (χ1v) is 8.33. The molecule has 1 N–H and O–H groups in total. The third kappa shape index (κ3) is 5.44. The molecule has 1 aliphatic heterocycles. The van der Waals surface area contributed by atoms with E-state index >= 15 is 0 Å². The van der Waals surface area contributed by atoms with Gasteiger partial charge in [-0.15, -0.1) is 0 Å². The van der Waals surface area contributed by atoms with Gasteiger partial charge in [0.1, 0.15) is 5.69 Å². The zero-order valence-corrected chi connectivity index (χ0v) is 14.5. The molecule has 0 unspecified atom stereocenters. The van der Waals surface area contributed by atoms with Crippen molar-refractivity contribution in [2.75, 3.05) is 64.8 Å². The molecule has 0 saturated carbocycles. The van der Waals surface area contributed by atoms with E-state index in [4.69, 9.17) is 0 Å². The molecule has 0 radical (unpaired) electrons. The highest BCUT2D eigenvalue weighted by molar-refractivity contribution is 5.92. The van der Waals surface area contributed by atoms with Crippen molar-refractivity contribution < 1.29 is 4.79 Å². The van der Waals surface area contributed by atoms with Crippen molar-refractivity contribution in [1.29, 1.82) is 0 Å². The number of hydrogen-bond acceptors (Lipinski definition) is 6. The maximum absolute atomic E-state index is 12.2. The summed E-state index contributed by atoms with van der Waals surface area (Å²) in [5, 5.41) is 2.92. The Balaban J connectivity index is 1.88. The van der Waals surface area contributed by atoms with Crippen LogP contribution in [-0.2, 0) is 0 Å². The van der Waals surface area contributed by atoms with Crippen LogP contribution in [0.5, 0.6) is 0 Å². The van der Waals surface area contributed by atoms with E-state index in [1.165, 1.54) is 0 Å². The van der Waals surface area contributed by atoms with Crippen molar-refractivity contribution >= 4 is 11.9 Å². The topological polar surface area (TPSA) is 64.6 Å². The first kappa shape index (κ1) is 17.6. The average molecular weight is 320 g/mol. The summed E-state index contributed by atoms with van der Waals surface area (Å²) in [6, 6.07) is 1.67. The van der Waals surface area contributed by atoms with Gasteiger partial charge in [0.25, 0.3) is 5.91 Å². The fourth-order valence-corrected chi connectivity index (χ4v) is 2.58. The largest absolute Gasteiger partial charge is 0.351 e. The molecule has 7 nitrogen and oxygen atoms in total. The molecule has 0 spiro atoms. The van der Waals surface area contributed by atoms with Crippen LogP contribution in [0.4, 0.5) is 5.95 Å². The molecule has 7 heteroatoms. The number of piperazine rings is 1. The summed E-state index contributed by atoms with van der Waals surface area (Å²) < 4.78 is 0. The molecular weight excluding hydrogens is 292 g/mol. The number of hydrogen-bond donors (Lipinski definition) is 1. The first-order valence-electron chi connectivity index (χ1n) is 8.33. The number of anilines is 1. The number of likely N-dealkylation sites (N-methyl/N-ethyl adjacent to an activating group) is 1. The molecule has 1 amide bonds. The minimum atomic E-state index is -0.125. The zero-order chi connectivity index (χ0) is 16.7. The van der Waals surface area contributed by atoms with Gasteiger partial charge in [0.15, 0.2) is 0 Å². The minimum absolute atomic E-state index is 0.125. The van der Waals surface area contributed by atoms with Crippen molar-refractivity contribution in [2.24, 2.45) is 0 Å². The Morgan fingerprint density at radius 2 is 2.04 bits per heavy atom. The third-order valence-electron chi connectivity index (χ3n) is 4.05.